The van der Waals surface area contributed by atoms with E-state index in [1.807, 2.05) is 4.68 Å². The summed E-state index contributed by atoms with van der Waals surface area (Å²) in [4.78, 5) is 0. The quantitative estimate of drug-likeness (QED) is 0.873. The van der Waals surface area contributed by atoms with Crippen molar-refractivity contribution < 1.29 is 4.74 Å². The maximum atomic E-state index is 6.36. The van der Waals surface area contributed by atoms with Crippen LogP contribution in [0.15, 0.2) is 6.20 Å². The van der Waals surface area contributed by atoms with Crippen LogP contribution in [0.3, 0.4) is 0 Å². The number of nitrogens with zero attached hydrogens (tertiary/aromatic N) is 2. The van der Waals surface area contributed by atoms with Gasteiger partial charge in [-0.3, -0.25) is 4.68 Å². The fourth-order valence-corrected chi connectivity index (χ4v) is 3.06. The van der Waals surface area contributed by atoms with Crippen LogP contribution in [0.2, 0.25) is 5.02 Å². The number of rotatable bonds is 6. The molecular weight excluding hydrogens is 262 g/mol. The zero-order chi connectivity index (χ0) is 13.8. The molecule has 1 aromatic heterocycles. The van der Waals surface area contributed by atoms with Gasteiger partial charge in [0.2, 0.25) is 0 Å². The average Bonchev–Trinajstić information content (AvgIpc) is 2.95. The van der Waals surface area contributed by atoms with E-state index >= 15 is 0 Å². The SMILES string of the molecule is CCCn1ncc(Cl)c1C(NCC)C1OCCC1C. The van der Waals surface area contributed by atoms with Crippen LogP contribution in [0.1, 0.15) is 45.3 Å². The Labute approximate surface area is 120 Å². The van der Waals surface area contributed by atoms with Crippen molar-refractivity contribution in [1.82, 2.24) is 15.1 Å². The Kier molecular flexibility index (Phi) is 5.25. The molecule has 0 bridgehead atoms. The Balaban J connectivity index is 2.30. The molecule has 2 heterocycles. The molecule has 0 aliphatic carbocycles. The van der Waals surface area contributed by atoms with E-state index in [9.17, 15) is 0 Å². The lowest BCUT2D eigenvalue weighted by Crippen LogP contribution is -2.36. The second-order valence-corrected chi connectivity index (χ2v) is 5.64. The van der Waals surface area contributed by atoms with Crippen LogP contribution in [0.25, 0.3) is 0 Å². The summed E-state index contributed by atoms with van der Waals surface area (Å²) in [6.07, 6.45) is 4.10. The van der Waals surface area contributed by atoms with Crippen molar-refractivity contribution in [3.8, 4) is 0 Å². The molecule has 0 aromatic carbocycles. The summed E-state index contributed by atoms with van der Waals surface area (Å²) in [5.74, 6) is 0.546. The van der Waals surface area contributed by atoms with Crippen LogP contribution in [0.5, 0.6) is 0 Å². The summed E-state index contributed by atoms with van der Waals surface area (Å²) in [6.45, 7) is 9.14. The molecule has 1 aliphatic rings. The van der Waals surface area contributed by atoms with E-state index in [4.69, 9.17) is 16.3 Å². The van der Waals surface area contributed by atoms with Gasteiger partial charge in [-0.2, -0.15) is 5.10 Å². The highest BCUT2D eigenvalue weighted by Gasteiger charge is 2.35. The first kappa shape index (κ1) is 14.8. The summed E-state index contributed by atoms with van der Waals surface area (Å²) in [5, 5.41) is 8.66. The van der Waals surface area contributed by atoms with Gasteiger partial charge in [-0.15, -0.1) is 0 Å². The molecule has 0 amide bonds. The van der Waals surface area contributed by atoms with Crippen molar-refractivity contribution in [3.05, 3.63) is 16.9 Å². The van der Waals surface area contributed by atoms with Gasteiger partial charge < -0.3 is 10.1 Å². The van der Waals surface area contributed by atoms with Crippen molar-refractivity contribution in [2.75, 3.05) is 13.2 Å². The van der Waals surface area contributed by atoms with Gasteiger partial charge in [0.05, 0.1) is 29.1 Å². The molecule has 3 atom stereocenters. The second-order valence-electron chi connectivity index (χ2n) is 5.24. The monoisotopic (exact) mass is 285 g/mol. The molecule has 0 radical (unpaired) electrons. The number of hydrogen-bond donors (Lipinski definition) is 1. The summed E-state index contributed by atoms with van der Waals surface area (Å²) >= 11 is 6.36. The number of likely N-dealkylation sites (N-methyl/N-ethyl adjacent to an activating group) is 1. The molecule has 0 spiro atoms. The molecule has 1 fully saturated rings. The highest BCUT2D eigenvalue weighted by Crippen LogP contribution is 2.34. The Morgan fingerprint density at radius 1 is 1.58 bits per heavy atom. The molecule has 0 saturated carbocycles. The molecule has 2 rings (SSSR count). The number of hydrogen-bond acceptors (Lipinski definition) is 3. The first-order valence-electron chi connectivity index (χ1n) is 7.25. The Bertz CT molecular complexity index is 407. The number of halogens is 1. The minimum absolute atomic E-state index is 0.129. The third-order valence-electron chi connectivity index (χ3n) is 3.76. The van der Waals surface area contributed by atoms with Crippen molar-refractivity contribution in [2.45, 2.75) is 52.3 Å². The second kappa shape index (κ2) is 6.73. The van der Waals surface area contributed by atoms with Gasteiger partial charge in [0.15, 0.2) is 0 Å². The molecule has 1 aliphatic heterocycles. The Morgan fingerprint density at radius 2 is 2.37 bits per heavy atom. The van der Waals surface area contributed by atoms with Crippen molar-refractivity contribution >= 4 is 11.6 Å². The summed E-state index contributed by atoms with van der Waals surface area (Å²) in [5.41, 5.74) is 1.07. The van der Waals surface area contributed by atoms with E-state index in [0.717, 1.165) is 43.3 Å². The van der Waals surface area contributed by atoms with Crippen LogP contribution in [-0.2, 0) is 11.3 Å². The van der Waals surface area contributed by atoms with Crippen LogP contribution in [-0.4, -0.2) is 29.0 Å². The summed E-state index contributed by atoms with van der Waals surface area (Å²) < 4.78 is 7.95. The van der Waals surface area contributed by atoms with Crippen molar-refractivity contribution in [2.24, 2.45) is 5.92 Å². The minimum atomic E-state index is 0.129. The van der Waals surface area contributed by atoms with Gasteiger partial charge >= 0.3 is 0 Å². The maximum absolute atomic E-state index is 6.36. The Hall–Kier alpha value is -0.580. The topological polar surface area (TPSA) is 39.1 Å². The predicted octanol–water partition coefficient (Wildman–Crippen LogP) is 3.02. The lowest BCUT2D eigenvalue weighted by atomic mass is 9.95. The van der Waals surface area contributed by atoms with E-state index in [1.54, 1.807) is 6.20 Å². The number of ether oxygens (including phenoxy) is 1. The Morgan fingerprint density at radius 3 is 2.95 bits per heavy atom. The van der Waals surface area contributed by atoms with Crippen LogP contribution in [0.4, 0.5) is 0 Å². The van der Waals surface area contributed by atoms with Crippen LogP contribution >= 0.6 is 11.6 Å². The zero-order valence-electron chi connectivity index (χ0n) is 12.0. The molecular formula is C14H24ClN3O. The van der Waals surface area contributed by atoms with Gasteiger partial charge in [-0.05, 0) is 25.3 Å². The highest BCUT2D eigenvalue weighted by molar-refractivity contribution is 6.31. The third-order valence-corrected chi connectivity index (χ3v) is 4.05. The lowest BCUT2D eigenvalue weighted by molar-refractivity contribution is 0.0584. The number of nitrogens with one attached hydrogen (secondary N) is 1. The average molecular weight is 286 g/mol. The fourth-order valence-electron chi connectivity index (χ4n) is 2.80. The van der Waals surface area contributed by atoms with E-state index in [2.05, 4.69) is 31.2 Å². The highest BCUT2D eigenvalue weighted by atomic mass is 35.5. The number of aromatic nitrogens is 2. The van der Waals surface area contributed by atoms with Gasteiger partial charge in [0.25, 0.3) is 0 Å². The molecule has 4 nitrogen and oxygen atoms in total. The minimum Gasteiger partial charge on any atom is -0.376 e. The molecule has 3 unspecified atom stereocenters. The normalized spacial score (nSPS) is 24.8. The zero-order valence-corrected chi connectivity index (χ0v) is 12.8. The van der Waals surface area contributed by atoms with E-state index < -0.39 is 0 Å². The molecule has 1 saturated heterocycles. The first-order valence-corrected chi connectivity index (χ1v) is 7.63. The smallest absolute Gasteiger partial charge is 0.0835 e. The fraction of sp³-hybridized carbons (Fsp3) is 0.786. The molecule has 19 heavy (non-hydrogen) atoms. The molecule has 1 aromatic rings. The van der Waals surface area contributed by atoms with Gasteiger partial charge in [0, 0.05) is 13.2 Å². The van der Waals surface area contributed by atoms with Gasteiger partial charge in [-0.25, -0.2) is 0 Å². The van der Waals surface area contributed by atoms with E-state index in [0.29, 0.717) is 5.92 Å². The maximum Gasteiger partial charge on any atom is 0.0835 e. The van der Waals surface area contributed by atoms with Gasteiger partial charge in [0.1, 0.15) is 0 Å². The van der Waals surface area contributed by atoms with E-state index in [1.165, 1.54) is 0 Å². The van der Waals surface area contributed by atoms with E-state index in [-0.39, 0.29) is 12.1 Å². The summed E-state index contributed by atoms with van der Waals surface area (Å²) in [7, 11) is 0. The number of aryl methyl sites for hydroxylation is 1. The van der Waals surface area contributed by atoms with Crippen LogP contribution < -0.4 is 5.32 Å². The predicted molar refractivity (Wildman–Crippen MR) is 77.5 cm³/mol. The largest absolute Gasteiger partial charge is 0.376 e. The lowest BCUT2D eigenvalue weighted by Gasteiger charge is -2.28. The van der Waals surface area contributed by atoms with Crippen molar-refractivity contribution in [1.29, 1.82) is 0 Å². The molecule has 108 valence electrons. The molecule has 1 N–H and O–H groups in total. The summed E-state index contributed by atoms with van der Waals surface area (Å²) in [6, 6.07) is 0.129. The van der Waals surface area contributed by atoms with Gasteiger partial charge in [-0.1, -0.05) is 32.4 Å². The van der Waals surface area contributed by atoms with Crippen molar-refractivity contribution in [3.63, 3.8) is 0 Å². The first-order chi connectivity index (χ1) is 9.19. The standard InChI is InChI=1S/C14H24ClN3O/c1-4-7-18-13(11(15)9-17-18)12(16-5-2)14-10(3)6-8-19-14/h9-10,12,14,16H,4-8H2,1-3H3. The molecule has 5 heteroatoms. The van der Waals surface area contributed by atoms with Crippen LogP contribution in [0, 0.1) is 5.92 Å². The third kappa shape index (κ3) is 3.12.